The van der Waals surface area contributed by atoms with E-state index in [0.29, 0.717) is 0 Å². The van der Waals surface area contributed by atoms with Gasteiger partial charge in [0, 0.05) is 4.47 Å². The largest absolute Gasteiger partial charge is 0.346 e. The molecule has 0 aliphatic carbocycles. The molecule has 1 aliphatic heterocycles. The topological polar surface area (TPSA) is 55.6 Å². The van der Waals surface area contributed by atoms with Crippen molar-refractivity contribution in [3.63, 3.8) is 0 Å². The number of fused-ring (bicyclic) bond motifs is 1. The van der Waals surface area contributed by atoms with Gasteiger partial charge in [0.25, 0.3) is 0 Å². The molecule has 0 saturated carbocycles. The summed E-state index contributed by atoms with van der Waals surface area (Å²) in [6, 6.07) is 17.3. The summed E-state index contributed by atoms with van der Waals surface area (Å²) in [5.74, 6) is 0.718. The molecule has 2 atom stereocenters. The first-order valence-corrected chi connectivity index (χ1v) is 8.36. The summed E-state index contributed by atoms with van der Waals surface area (Å²) in [7, 11) is 0. The lowest BCUT2D eigenvalue weighted by atomic mass is 9.93. The minimum absolute atomic E-state index is 0.134. The molecule has 0 amide bonds. The molecular weight excluding hydrogens is 354 g/mol. The van der Waals surface area contributed by atoms with Crippen LogP contribution in [0.1, 0.15) is 35.2 Å². The fourth-order valence-corrected chi connectivity index (χ4v) is 3.37. The van der Waals surface area contributed by atoms with E-state index in [9.17, 15) is 0 Å². The zero-order valence-electron chi connectivity index (χ0n) is 12.6. The number of hydrogen-bond acceptors (Lipinski definition) is 4. The molecule has 116 valence electrons. The first kappa shape index (κ1) is 14.4. The lowest BCUT2D eigenvalue weighted by molar-refractivity contribution is 0.423. The summed E-state index contributed by atoms with van der Waals surface area (Å²) in [5, 5.41) is 15.6. The lowest BCUT2D eigenvalue weighted by Crippen LogP contribution is -2.28. The number of halogens is 1. The van der Waals surface area contributed by atoms with Crippen LogP contribution in [0.15, 0.2) is 53.0 Å². The number of aryl methyl sites for hydroxylation is 1. The fourth-order valence-electron chi connectivity index (χ4n) is 3.11. The molecular formula is C17H16BrN5. The van der Waals surface area contributed by atoms with Crippen LogP contribution in [0, 0.1) is 6.92 Å². The van der Waals surface area contributed by atoms with Crippen molar-refractivity contribution in [2.24, 2.45) is 0 Å². The third-order valence-corrected chi connectivity index (χ3v) is 4.78. The lowest BCUT2D eigenvalue weighted by Gasteiger charge is -2.31. The summed E-state index contributed by atoms with van der Waals surface area (Å²) in [4.78, 5) is 0. The Kier molecular flexibility index (Phi) is 3.61. The van der Waals surface area contributed by atoms with Crippen molar-refractivity contribution in [2.45, 2.75) is 25.4 Å². The summed E-state index contributed by atoms with van der Waals surface area (Å²) in [5.41, 5.74) is 3.72. The second-order valence-corrected chi connectivity index (χ2v) is 6.78. The van der Waals surface area contributed by atoms with Gasteiger partial charge in [-0.2, -0.15) is 0 Å². The minimum atomic E-state index is 0.134. The molecule has 2 heterocycles. The van der Waals surface area contributed by atoms with Gasteiger partial charge < -0.3 is 5.32 Å². The Balaban J connectivity index is 1.73. The van der Waals surface area contributed by atoms with Crippen molar-refractivity contribution in [1.29, 1.82) is 0 Å². The predicted octanol–water partition coefficient (Wildman–Crippen LogP) is 3.89. The molecule has 3 aromatic rings. The summed E-state index contributed by atoms with van der Waals surface area (Å²) >= 11 is 3.49. The van der Waals surface area contributed by atoms with Crippen molar-refractivity contribution in [3.05, 3.63) is 69.7 Å². The van der Waals surface area contributed by atoms with Crippen LogP contribution >= 0.6 is 15.9 Å². The number of tetrazole rings is 1. The zero-order valence-corrected chi connectivity index (χ0v) is 14.2. The highest BCUT2D eigenvalue weighted by Gasteiger charge is 2.30. The molecule has 0 bridgehead atoms. The zero-order chi connectivity index (χ0) is 15.8. The summed E-state index contributed by atoms with van der Waals surface area (Å²) in [6.07, 6.45) is 0.906. The first-order valence-electron chi connectivity index (χ1n) is 7.57. The molecule has 0 spiro atoms. The minimum Gasteiger partial charge on any atom is -0.346 e. The van der Waals surface area contributed by atoms with Gasteiger partial charge in [0.05, 0.1) is 12.1 Å². The van der Waals surface area contributed by atoms with Crippen LogP contribution in [0.4, 0.5) is 5.95 Å². The van der Waals surface area contributed by atoms with Crippen LogP contribution in [-0.2, 0) is 0 Å². The number of nitrogens with one attached hydrogen (secondary N) is 1. The number of nitrogens with zero attached hydrogens (tertiary/aromatic N) is 4. The van der Waals surface area contributed by atoms with Gasteiger partial charge in [0.1, 0.15) is 0 Å². The van der Waals surface area contributed by atoms with Crippen LogP contribution in [0.3, 0.4) is 0 Å². The first-order chi connectivity index (χ1) is 11.2. The van der Waals surface area contributed by atoms with Crippen LogP contribution < -0.4 is 5.32 Å². The highest BCUT2D eigenvalue weighted by atomic mass is 79.9. The summed E-state index contributed by atoms with van der Waals surface area (Å²) < 4.78 is 2.96. The Bertz CT molecular complexity index is 827. The van der Waals surface area contributed by atoms with E-state index < -0.39 is 0 Å². The second-order valence-electron chi connectivity index (χ2n) is 5.86. The number of anilines is 1. The van der Waals surface area contributed by atoms with Crippen molar-refractivity contribution in [1.82, 2.24) is 20.2 Å². The fraction of sp³-hybridized carbons (Fsp3) is 0.235. The SMILES string of the molecule is Cc1cccc(C2CC(c3ccc(Br)cc3)Nc3nnnn32)c1. The van der Waals surface area contributed by atoms with E-state index in [0.717, 1.165) is 16.8 Å². The Hall–Kier alpha value is -2.21. The third-order valence-electron chi connectivity index (χ3n) is 4.25. The van der Waals surface area contributed by atoms with E-state index in [2.05, 4.69) is 92.2 Å². The standard InChI is InChI=1S/C17H16BrN5/c1-11-3-2-4-13(9-11)16-10-15(12-5-7-14(18)8-6-12)19-17-20-21-22-23(16)17/h2-9,15-16H,10H2,1H3,(H,19,20,22). The summed E-state index contributed by atoms with van der Waals surface area (Å²) in [6.45, 7) is 2.11. The van der Waals surface area contributed by atoms with Crippen LogP contribution in [-0.4, -0.2) is 20.2 Å². The molecule has 4 rings (SSSR count). The van der Waals surface area contributed by atoms with Crippen molar-refractivity contribution in [2.75, 3.05) is 5.32 Å². The molecule has 2 aromatic carbocycles. The van der Waals surface area contributed by atoms with E-state index in [1.165, 1.54) is 16.7 Å². The maximum atomic E-state index is 4.17. The van der Waals surface area contributed by atoms with Crippen LogP contribution in [0.5, 0.6) is 0 Å². The van der Waals surface area contributed by atoms with Gasteiger partial charge in [-0.05, 0) is 47.0 Å². The van der Waals surface area contributed by atoms with E-state index in [1.807, 2.05) is 4.68 Å². The van der Waals surface area contributed by atoms with E-state index in [1.54, 1.807) is 0 Å². The van der Waals surface area contributed by atoms with Crippen LogP contribution in [0.2, 0.25) is 0 Å². The average Bonchev–Trinajstić information content (AvgIpc) is 3.03. The molecule has 2 unspecified atom stereocenters. The maximum absolute atomic E-state index is 4.17. The van der Waals surface area contributed by atoms with Gasteiger partial charge >= 0.3 is 0 Å². The second kappa shape index (κ2) is 5.77. The van der Waals surface area contributed by atoms with Gasteiger partial charge in [0.15, 0.2) is 0 Å². The van der Waals surface area contributed by atoms with Crippen molar-refractivity contribution >= 4 is 21.9 Å². The van der Waals surface area contributed by atoms with Gasteiger partial charge in [-0.15, -0.1) is 0 Å². The molecule has 1 aromatic heterocycles. The Morgan fingerprint density at radius 3 is 2.74 bits per heavy atom. The highest BCUT2D eigenvalue weighted by molar-refractivity contribution is 9.10. The van der Waals surface area contributed by atoms with E-state index in [4.69, 9.17) is 0 Å². The third kappa shape index (κ3) is 2.74. The highest BCUT2D eigenvalue weighted by Crippen LogP contribution is 2.37. The van der Waals surface area contributed by atoms with Gasteiger partial charge in [-0.25, -0.2) is 4.68 Å². The monoisotopic (exact) mass is 369 g/mol. The van der Waals surface area contributed by atoms with Gasteiger partial charge in [-0.3, -0.25) is 0 Å². The molecule has 1 N–H and O–H groups in total. The molecule has 6 heteroatoms. The molecule has 0 saturated heterocycles. The molecule has 5 nitrogen and oxygen atoms in total. The molecule has 23 heavy (non-hydrogen) atoms. The Morgan fingerprint density at radius 2 is 1.96 bits per heavy atom. The Morgan fingerprint density at radius 1 is 1.13 bits per heavy atom. The number of benzene rings is 2. The number of rotatable bonds is 2. The van der Waals surface area contributed by atoms with E-state index >= 15 is 0 Å². The van der Waals surface area contributed by atoms with Crippen molar-refractivity contribution < 1.29 is 0 Å². The van der Waals surface area contributed by atoms with E-state index in [-0.39, 0.29) is 12.1 Å². The molecule has 0 fully saturated rings. The smallest absolute Gasteiger partial charge is 0.243 e. The molecule has 1 aliphatic rings. The van der Waals surface area contributed by atoms with Gasteiger partial charge in [0.2, 0.25) is 5.95 Å². The number of hydrogen-bond donors (Lipinski definition) is 1. The normalized spacial score (nSPS) is 19.9. The quantitative estimate of drug-likeness (QED) is 0.744. The van der Waals surface area contributed by atoms with Crippen molar-refractivity contribution in [3.8, 4) is 0 Å². The number of aromatic nitrogens is 4. The van der Waals surface area contributed by atoms with Gasteiger partial charge in [-0.1, -0.05) is 63.0 Å². The molecule has 0 radical (unpaired) electrons. The average molecular weight is 370 g/mol. The maximum Gasteiger partial charge on any atom is 0.243 e. The van der Waals surface area contributed by atoms with Crippen LogP contribution in [0.25, 0.3) is 0 Å². The predicted molar refractivity (Wildman–Crippen MR) is 92.3 cm³/mol. The Labute approximate surface area is 142 Å².